The smallest absolute Gasteiger partial charge is 0.254 e. The summed E-state index contributed by atoms with van der Waals surface area (Å²) < 4.78 is 7.37. The zero-order valence-electron chi connectivity index (χ0n) is 12.0. The van der Waals surface area contributed by atoms with Crippen LogP contribution in [-0.2, 0) is 16.1 Å². The normalized spacial score (nSPS) is 25.2. The van der Waals surface area contributed by atoms with Crippen molar-refractivity contribution < 1.29 is 9.53 Å². The summed E-state index contributed by atoms with van der Waals surface area (Å²) in [6.45, 7) is 2.51. The van der Waals surface area contributed by atoms with Gasteiger partial charge >= 0.3 is 0 Å². The van der Waals surface area contributed by atoms with Gasteiger partial charge in [-0.15, -0.1) is 5.10 Å². The van der Waals surface area contributed by atoms with Crippen LogP contribution in [0.4, 0.5) is 0 Å². The monoisotopic (exact) mass is 278 g/mol. The van der Waals surface area contributed by atoms with E-state index in [4.69, 9.17) is 4.74 Å². The Morgan fingerprint density at radius 1 is 1.45 bits per heavy atom. The highest BCUT2D eigenvalue weighted by molar-refractivity contribution is 5.86. The number of carbonyl (C=O) groups is 1. The number of methoxy groups -OCH3 is 1. The average Bonchev–Trinajstić information content (AvgIpc) is 2.91. The van der Waals surface area contributed by atoms with E-state index in [0.29, 0.717) is 5.92 Å². The Morgan fingerprint density at radius 3 is 2.90 bits per heavy atom. The van der Waals surface area contributed by atoms with Gasteiger partial charge in [-0.05, 0) is 38.0 Å². The van der Waals surface area contributed by atoms with Gasteiger partial charge < -0.3 is 9.64 Å². The van der Waals surface area contributed by atoms with Crippen LogP contribution in [0.3, 0.4) is 0 Å². The maximum absolute atomic E-state index is 12.6. The lowest BCUT2D eigenvalue weighted by Gasteiger charge is -2.44. The number of carbonyl (C=O) groups excluding carboxylic acids is 1. The molecule has 0 spiro atoms. The van der Waals surface area contributed by atoms with E-state index in [0.717, 1.165) is 51.7 Å². The molecule has 1 amide bonds. The minimum atomic E-state index is -0.519. The quantitative estimate of drug-likeness (QED) is 0.827. The molecular formula is C14H22N4O2. The van der Waals surface area contributed by atoms with E-state index in [1.165, 1.54) is 0 Å². The first-order valence-electron chi connectivity index (χ1n) is 7.42. The molecule has 1 saturated heterocycles. The van der Waals surface area contributed by atoms with Crippen LogP contribution in [0.15, 0.2) is 12.4 Å². The van der Waals surface area contributed by atoms with Crippen molar-refractivity contribution in [2.24, 2.45) is 5.92 Å². The Bertz CT molecular complexity index is 450. The third-order valence-corrected chi connectivity index (χ3v) is 4.67. The number of piperidine rings is 1. The second kappa shape index (κ2) is 5.52. The van der Waals surface area contributed by atoms with Gasteiger partial charge in [0.25, 0.3) is 5.91 Å². The Labute approximate surface area is 119 Å². The van der Waals surface area contributed by atoms with Gasteiger partial charge in [0.1, 0.15) is 5.60 Å². The molecule has 0 N–H and O–H groups in total. The Hall–Kier alpha value is -1.43. The van der Waals surface area contributed by atoms with Crippen LogP contribution in [0.5, 0.6) is 0 Å². The molecule has 1 aromatic rings. The molecule has 1 saturated carbocycles. The molecule has 2 heterocycles. The first-order valence-corrected chi connectivity index (χ1v) is 7.42. The molecule has 1 unspecified atom stereocenters. The first-order chi connectivity index (χ1) is 9.73. The number of ether oxygens (including phenoxy) is 1. The van der Waals surface area contributed by atoms with Crippen LogP contribution in [0.2, 0.25) is 0 Å². The summed E-state index contributed by atoms with van der Waals surface area (Å²) in [4.78, 5) is 14.6. The topological polar surface area (TPSA) is 60.2 Å². The third-order valence-electron chi connectivity index (χ3n) is 4.67. The van der Waals surface area contributed by atoms with Crippen molar-refractivity contribution in [3.8, 4) is 0 Å². The van der Waals surface area contributed by atoms with Crippen molar-refractivity contribution in [2.75, 3.05) is 20.2 Å². The zero-order valence-corrected chi connectivity index (χ0v) is 12.0. The van der Waals surface area contributed by atoms with E-state index in [1.54, 1.807) is 13.3 Å². The van der Waals surface area contributed by atoms with Crippen LogP contribution in [0.1, 0.15) is 32.1 Å². The molecule has 1 aliphatic carbocycles. The van der Waals surface area contributed by atoms with Crippen molar-refractivity contribution in [1.82, 2.24) is 19.9 Å². The number of nitrogens with zero attached hydrogens (tertiary/aromatic N) is 4. The highest BCUT2D eigenvalue weighted by Gasteiger charge is 2.47. The maximum atomic E-state index is 12.6. The van der Waals surface area contributed by atoms with Gasteiger partial charge in [0, 0.05) is 32.9 Å². The minimum Gasteiger partial charge on any atom is -0.368 e. The number of likely N-dealkylation sites (tertiary alicyclic amines) is 1. The van der Waals surface area contributed by atoms with E-state index in [2.05, 4.69) is 10.3 Å². The molecule has 0 radical (unpaired) electrons. The summed E-state index contributed by atoms with van der Waals surface area (Å²) in [5.74, 6) is 0.651. The van der Waals surface area contributed by atoms with Crippen molar-refractivity contribution in [3.63, 3.8) is 0 Å². The second-order valence-corrected chi connectivity index (χ2v) is 5.94. The summed E-state index contributed by atoms with van der Waals surface area (Å²) in [5, 5.41) is 7.84. The fourth-order valence-corrected chi connectivity index (χ4v) is 3.28. The molecule has 6 nitrogen and oxygen atoms in total. The van der Waals surface area contributed by atoms with E-state index >= 15 is 0 Å². The van der Waals surface area contributed by atoms with Gasteiger partial charge in [-0.1, -0.05) is 5.21 Å². The molecule has 1 aliphatic heterocycles. The molecule has 20 heavy (non-hydrogen) atoms. The van der Waals surface area contributed by atoms with E-state index in [9.17, 15) is 4.79 Å². The van der Waals surface area contributed by atoms with Crippen molar-refractivity contribution in [3.05, 3.63) is 12.4 Å². The molecule has 0 aromatic carbocycles. The van der Waals surface area contributed by atoms with E-state index in [-0.39, 0.29) is 5.91 Å². The van der Waals surface area contributed by atoms with Crippen molar-refractivity contribution in [1.29, 1.82) is 0 Å². The van der Waals surface area contributed by atoms with Gasteiger partial charge in [-0.25, -0.2) is 0 Å². The molecule has 1 aromatic heterocycles. The van der Waals surface area contributed by atoms with E-state index < -0.39 is 5.60 Å². The van der Waals surface area contributed by atoms with Crippen LogP contribution in [-0.4, -0.2) is 51.6 Å². The number of hydrogen-bond donors (Lipinski definition) is 0. The molecule has 2 aliphatic rings. The zero-order chi connectivity index (χ0) is 14.0. The Kier molecular flexibility index (Phi) is 3.74. The SMILES string of the molecule is COC1(C(=O)N2CCCC(Cn3ccnn3)C2)CCC1. The molecular weight excluding hydrogens is 256 g/mol. The third kappa shape index (κ3) is 2.44. The Balaban J connectivity index is 1.61. The number of hydrogen-bond acceptors (Lipinski definition) is 4. The van der Waals surface area contributed by atoms with Gasteiger partial charge in [0.2, 0.25) is 0 Å². The lowest BCUT2D eigenvalue weighted by atomic mass is 9.78. The standard InChI is InChI=1S/C14H22N4O2/c1-20-14(5-3-6-14)13(19)17-8-2-4-12(10-17)11-18-9-7-15-16-18/h7,9,12H,2-6,8,10-11H2,1H3. The molecule has 6 heteroatoms. The van der Waals surface area contributed by atoms with Crippen molar-refractivity contribution >= 4 is 5.91 Å². The average molecular weight is 278 g/mol. The van der Waals surface area contributed by atoms with Gasteiger partial charge in [0.05, 0.1) is 6.20 Å². The fraction of sp³-hybridized carbons (Fsp3) is 0.786. The second-order valence-electron chi connectivity index (χ2n) is 5.94. The molecule has 110 valence electrons. The summed E-state index contributed by atoms with van der Waals surface area (Å²) in [6.07, 6.45) is 8.60. The first kappa shape index (κ1) is 13.5. The predicted octanol–water partition coefficient (Wildman–Crippen LogP) is 1.09. The maximum Gasteiger partial charge on any atom is 0.254 e. The molecule has 3 rings (SSSR count). The highest BCUT2D eigenvalue weighted by Crippen LogP contribution is 2.37. The van der Waals surface area contributed by atoms with Crippen LogP contribution in [0.25, 0.3) is 0 Å². The van der Waals surface area contributed by atoms with Crippen LogP contribution >= 0.6 is 0 Å². The van der Waals surface area contributed by atoms with Crippen molar-refractivity contribution in [2.45, 2.75) is 44.2 Å². The highest BCUT2D eigenvalue weighted by atomic mass is 16.5. The lowest BCUT2D eigenvalue weighted by Crippen LogP contribution is -2.56. The number of rotatable bonds is 4. The minimum absolute atomic E-state index is 0.189. The van der Waals surface area contributed by atoms with Crippen LogP contribution in [0, 0.1) is 5.92 Å². The molecule has 0 bridgehead atoms. The van der Waals surface area contributed by atoms with Gasteiger partial charge in [-0.3, -0.25) is 9.48 Å². The van der Waals surface area contributed by atoms with Gasteiger partial charge in [-0.2, -0.15) is 0 Å². The summed E-state index contributed by atoms with van der Waals surface area (Å²) in [5.41, 5.74) is -0.519. The predicted molar refractivity (Wildman–Crippen MR) is 72.9 cm³/mol. The largest absolute Gasteiger partial charge is 0.368 e. The lowest BCUT2D eigenvalue weighted by molar-refractivity contribution is -0.167. The number of aromatic nitrogens is 3. The molecule has 1 atom stereocenters. The van der Waals surface area contributed by atoms with Crippen LogP contribution < -0.4 is 0 Å². The summed E-state index contributed by atoms with van der Waals surface area (Å²) in [6, 6.07) is 0. The van der Waals surface area contributed by atoms with E-state index in [1.807, 2.05) is 15.8 Å². The molecule has 2 fully saturated rings. The summed E-state index contributed by atoms with van der Waals surface area (Å²) >= 11 is 0. The number of amides is 1. The summed E-state index contributed by atoms with van der Waals surface area (Å²) in [7, 11) is 1.66. The fourth-order valence-electron chi connectivity index (χ4n) is 3.28. The van der Waals surface area contributed by atoms with Gasteiger partial charge in [0.15, 0.2) is 0 Å². The Morgan fingerprint density at radius 2 is 2.30 bits per heavy atom.